The van der Waals surface area contributed by atoms with Crippen molar-refractivity contribution in [2.45, 2.75) is 0 Å². The summed E-state index contributed by atoms with van der Waals surface area (Å²) in [6, 6.07) is 15.4. The van der Waals surface area contributed by atoms with Gasteiger partial charge in [0.2, 0.25) is 0 Å². The van der Waals surface area contributed by atoms with E-state index < -0.39 is 0 Å². The number of nitrogens with one attached hydrogen (secondary N) is 1. The van der Waals surface area contributed by atoms with Gasteiger partial charge in [-0.3, -0.25) is 15.2 Å². The zero-order valence-electron chi connectivity index (χ0n) is 15.3. The molecule has 1 aliphatic rings. The number of hydrogen-bond acceptors (Lipinski definition) is 5. The molecule has 0 atom stereocenters. The van der Waals surface area contributed by atoms with E-state index in [1.807, 2.05) is 58.8 Å². The molecule has 1 aromatic carbocycles. The van der Waals surface area contributed by atoms with Gasteiger partial charge in [0.25, 0.3) is 5.91 Å². The second-order valence-electron chi connectivity index (χ2n) is 6.66. The number of piperazine rings is 1. The number of anilines is 1. The van der Waals surface area contributed by atoms with E-state index in [9.17, 15) is 4.79 Å². The quantitative estimate of drug-likeness (QED) is 0.529. The average Bonchev–Trinajstić information content (AvgIpc) is 3.24. The Labute approximate surface area is 167 Å². The summed E-state index contributed by atoms with van der Waals surface area (Å²) in [5.41, 5.74) is 9.21. The number of carbonyl (C=O) groups excluding carboxylic acids is 1. The van der Waals surface area contributed by atoms with Gasteiger partial charge in [-0.15, -0.1) is 11.3 Å². The molecule has 0 spiro atoms. The first-order chi connectivity index (χ1) is 13.6. The fourth-order valence-corrected chi connectivity index (χ4v) is 4.18. The van der Waals surface area contributed by atoms with Gasteiger partial charge in [-0.2, -0.15) is 0 Å². The molecule has 28 heavy (non-hydrogen) atoms. The molecule has 3 heterocycles. The maximum absolute atomic E-state index is 12.9. The second kappa shape index (κ2) is 7.82. The summed E-state index contributed by atoms with van der Waals surface area (Å²) in [6.45, 7) is 2.84. The third-order valence-electron chi connectivity index (χ3n) is 4.86. The molecular weight excluding hydrogens is 370 g/mol. The van der Waals surface area contributed by atoms with Crippen molar-refractivity contribution in [3.8, 4) is 11.3 Å². The largest absolute Gasteiger partial charge is 0.384 e. The number of rotatable bonds is 4. The summed E-state index contributed by atoms with van der Waals surface area (Å²) >= 11 is 1.47. The van der Waals surface area contributed by atoms with E-state index in [1.165, 1.54) is 11.3 Å². The highest BCUT2D eigenvalue weighted by molar-refractivity contribution is 7.12. The number of aromatic nitrogens is 1. The predicted molar refractivity (Wildman–Crippen MR) is 113 cm³/mol. The fraction of sp³-hybridized carbons (Fsp3) is 0.190. The molecule has 4 rings (SSSR count). The first kappa shape index (κ1) is 18.2. The van der Waals surface area contributed by atoms with E-state index in [0.717, 1.165) is 40.5 Å². The highest BCUT2D eigenvalue weighted by atomic mass is 32.1. The monoisotopic (exact) mass is 391 g/mol. The number of carbonyl (C=O) groups is 1. The lowest BCUT2D eigenvalue weighted by molar-refractivity contribution is 0.0751. The van der Waals surface area contributed by atoms with Crippen molar-refractivity contribution in [1.82, 2.24) is 9.88 Å². The molecule has 3 N–H and O–H groups in total. The Bertz CT molecular complexity index is 993. The molecule has 0 saturated carbocycles. The molecule has 3 aromatic rings. The van der Waals surface area contributed by atoms with Gasteiger partial charge >= 0.3 is 0 Å². The van der Waals surface area contributed by atoms with E-state index in [4.69, 9.17) is 11.1 Å². The Morgan fingerprint density at radius 2 is 1.89 bits per heavy atom. The molecule has 1 amide bonds. The Kier molecular flexibility index (Phi) is 5.08. The predicted octanol–water partition coefficient (Wildman–Crippen LogP) is 3.06. The summed E-state index contributed by atoms with van der Waals surface area (Å²) in [5.74, 6) is 0.140. The minimum atomic E-state index is 0.0667. The summed E-state index contributed by atoms with van der Waals surface area (Å²) in [7, 11) is 0. The maximum Gasteiger partial charge on any atom is 0.264 e. The molecule has 2 aromatic heterocycles. The van der Waals surface area contributed by atoms with Crippen molar-refractivity contribution in [3.63, 3.8) is 0 Å². The van der Waals surface area contributed by atoms with E-state index in [1.54, 1.807) is 6.20 Å². The molecule has 1 aliphatic heterocycles. The lowest BCUT2D eigenvalue weighted by atomic mass is 10.1. The zero-order chi connectivity index (χ0) is 19.5. The molecular formula is C21H21N5OS. The number of thiophene rings is 1. The number of nitrogens with zero attached hydrogens (tertiary/aromatic N) is 3. The molecule has 0 aliphatic carbocycles. The van der Waals surface area contributed by atoms with Gasteiger partial charge in [-0.05, 0) is 30.3 Å². The molecule has 0 unspecified atom stereocenters. The van der Waals surface area contributed by atoms with Crippen LogP contribution in [0, 0.1) is 5.41 Å². The Balaban J connectivity index is 1.41. The number of benzene rings is 1. The lowest BCUT2D eigenvalue weighted by Crippen LogP contribution is -2.48. The van der Waals surface area contributed by atoms with Gasteiger partial charge < -0.3 is 15.5 Å². The average molecular weight is 392 g/mol. The van der Waals surface area contributed by atoms with Gasteiger partial charge in [-0.1, -0.05) is 18.2 Å². The first-order valence-corrected chi connectivity index (χ1v) is 9.98. The topological polar surface area (TPSA) is 86.3 Å². The third-order valence-corrected chi connectivity index (χ3v) is 5.78. The third kappa shape index (κ3) is 3.75. The fourth-order valence-electron chi connectivity index (χ4n) is 3.31. The van der Waals surface area contributed by atoms with Crippen LogP contribution < -0.4 is 10.6 Å². The van der Waals surface area contributed by atoms with Gasteiger partial charge in [0.05, 0.1) is 10.6 Å². The summed E-state index contributed by atoms with van der Waals surface area (Å²) in [4.78, 5) is 22.1. The molecule has 1 fully saturated rings. The van der Waals surface area contributed by atoms with E-state index >= 15 is 0 Å². The van der Waals surface area contributed by atoms with Crippen molar-refractivity contribution < 1.29 is 4.79 Å². The molecule has 7 heteroatoms. The normalized spacial score (nSPS) is 14.1. The standard InChI is InChI=1S/C21H21N5OS/c22-20(23)15-4-3-5-17(12-15)25-8-10-26(11-9-25)21(27)19-13-16(14-28-19)18-6-1-2-7-24-18/h1-7,12-14H,8-11H2,(H3,22,23). The SMILES string of the molecule is N=C(N)c1cccc(N2CCN(C(=O)c3cc(-c4ccccn4)cs3)CC2)c1. The van der Waals surface area contributed by atoms with Crippen molar-refractivity contribution in [2.75, 3.05) is 31.1 Å². The minimum Gasteiger partial charge on any atom is -0.384 e. The Morgan fingerprint density at radius 3 is 2.61 bits per heavy atom. The van der Waals surface area contributed by atoms with Crippen LogP contribution in [-0.2, 0) is 0 Å². The molecule has 6 nitrogen and oxygen atoms in total. The number of pyridine rings is 1. The smallest absolute Gasteiger partial charge is 0.264 e. The van der Waals surface area contributed by atoms with Crippen molar-refractivity contribution >= 4 is 28.8 Å². The lowest BCUT2D eigenvalue weighted by Gasteiger charge is -2.36. The molecule has 1 saturated heterocycles. The summed E-state index contributed by atoms with van der Waals surface area (Å²) < 4.78 is 0. The van der Waals surface area contributed by atoms with E-state index in [-0.39, 0.29) is 11.7 Å². The molecule has 142 valence electrons. The van der Waals surface area contributed by atoms with Crippen LogP contribution in [0.25, 0.3) is 11.3 Å². The zero-order valence-corrected chi connectivity index (χ0v) is 16.2. The van der Waals surface area contributed by atoms with Crippen LogP contribution in [0.15, 0.2) is 60.1 Å². The van der Waals surface area contributed by atoms with Gasteiger partial charge in [-0.25, -0.2) is 0 Å². The first-order valence-electron chi connectivity index (χ1n) is 9.10. The van der Waals surface area contributed by atoms with Crippen LogP contribution in [0.3, 0.4) is 0 Å². The summed E-state index contributed by atoms with van der Waals surface area (Å²) in [6.07, 6.45) is 1.76. The van der Waals surface area contributed by atoms with Crippen molar-refractivity contribution in [1.29, 1.82) is 5.41 Å². The van der Waals surface area contributed by atoms with Crippen molar-refractivity contribution in [3.05, 3.63) is 70.5 Å². The number of nitrogens with two attached hydrogens (primary N) is 1. The van der Waals surface area contributed by atoms with Crippen LogP contribution in [0.2, 0.25) is 0 Å². The second-order valence-corrected chi connectivity index (χ2v) is 7.57. The van der Waals surface area contributed by atoms with Crippen LogP contribution in [-0.4, -0.2) is 47.8 Å². The number of hydrogen-bond donors (Lipinski definition) is 2. The van der Waals surface area contributed by atoms with Crippen LogP contribution in [0.5, 0.6) is 0 Å². The van der Waals surface area contributed by atoms with Crippen LogP contribution in [0.1, 0.15) is 15.2 Å². The number of nitrogen functional groups attached to an aromatic ring is 1. The van der Waals surface area contributed by atoms with Gasteiger partial charge in [0, 0.05) is 54.6 Å². The van der Waals surface area contributed by atoms with E-state index in [0.29, 0.717) is 13.1 Å². The van der Waals surface area contributed by atoms with Crippen LogP contribution >= 0.6 is 11.3 Å². The Morgan fingerprint density at radius 1 is 1.07 bits per heavy atom. The summed E-state index contributed by atoms with van der Waals surface area (Å²) in [5, 5.41) is 9.58. The van der Waals surface area contributed by atoms with Gasteiger partial charge in [0.15, 0.2) is 0 Å². The highest BCUT2D eigenvalue weighted by Crippen LogP contribution is 2.26. The Hall–Kier alpha value is -3.19. The van der Waals surface area contributed by atoms with Crippen LogP contribution in [0.4, 0.5) is 5.69 Å². The molecule has 0 bridgehead atoms. The molecule has 0 radical (unpaired) electrons. The minimum absolute atomic E-state index is 0.0667. The maximum atomic E-state index is 12.9. The van der Waals surface area contributed by atoms with Crippen molar-refractivity contribution in [2.24, 2.45) is 5.73 Å². The van der Waals surface area contributed by atoms with E-state index in [2.05, 4.69) is 9.88 Å². The van der Waals surface area contributed by atoms with Gasteiger partial charge in [0.1, 0.15) is 5.84 Å². The highest BCUT2D eigenvalue weighted by Gasteiger charge is 2.23. The number of amides is 1. The number of amidine groups is 1.